The molecule has 154 valence electrons. The average Bonchev–Trinajstić information content (AvgIpc) is 3.37. The minimum absolute atomic E-state index is 0.126. The summed E-state index contributed by atoms with van der Waals surface area (Å²) in [7, 11) is 0. The number of para-hydroxylation sites is 1. The van der Waals surface area contributed by atoms with E-state index in [1.165, 1.54) is 11.3 Å². The van der Waals surface area contributed by atoms with Gasteiger partial charge in [0, 0.05) is 0 Å². The van der Waals surface area contributed by atoms with Crippen LogP contribution in [0.2, 0.25) is 0 Å². The zero-order valence-corrected chi connectivity index (χ0v) is 17.7. The Labute approximate surface area is 180 Å². The number of aromatic nitrogens is 3. The molecule has 30 heavy (non-hydrogen) atoms. The SMILES string of the molecule is CCOc1ccc2nc(NC(=O)CSc3nnc(COc4ccccc4)o3)sc2c1. The van der Waals surface area contributed by atoms with Crippen LogP contribution in [0.5, 0.6) is 11.5 Å². The van der Waals surface area contributed by atoms with Gasteiger partial charge < -0.3 is 19.2 Å². The number of rotatable bonds is 9. The number of fused-ring (bicyclic) bond motifs is 1. The molecule has 0 saturated carbocycles. The van der Waals surface area contributed by atoms with Crippen molar-refractivity contribution in [1.29, 1.82) is 0 Å². The number of ether oxygens (including phenoxy) is 2. The van der Waals surface area contributed by atoms with Crippen LogP contribution in [0.3, 0.4) is 0 Å². The van der Waals surface area contributed by atoms with Crippen molar-refractivity contribution >= 4 is 44.4 Å². The van der Waals surface area contributed by atoms with E-state index in [-0.39, 0.29) is 18.3 Å². The van der Waals surface area contributed by atoms with Crippen molar-refractivity contribution in [2.45, 2.75) is 18.8 Å². The molecule has 2 aromatic carbocycles. The van der Waals surface area contributed by atoms with Gasteiger partial charge in [-0.25, -0.2) is 4.98 Å². The smallest absolute Gasteiger partial charge is 0.277 e. The van der Waals surface area contributed by atoms with E-state index < -0.39 is 0 Å². The highest BCUT2D eigenvalue weighted by atomic mass is 32.2. The Morgan fingerprint density at radius 3 is 2.83 bits per heavy atom. The third kappa shape index (κ3) is 5.28. The van der Waals surface area contributed by atoms with Gasteiger partial charge in [0.05, 0.1) is 22.6 Å². The molecule has 1 N–H and O–H groups in total. The van der Waals surface area contributed by atoms with Crippen LogP contribution < -0.4 is 14.8 Å². The van der Waals surface area contributed by atoms with Gasteiger partial charge in [0.25, 0.3) is 11.1 Å². The molecular formula is C20H18N4O4S2. The Morgan fingerprint density at radius 2 is 2.00 bits per heavy atom. The van der Waals surface area contributed by atoms with Gasteiger partial charge in [0.1, 0.15) is 11.5 Å². The Bertz CT molecular complexity index is 1130. The van der Waals surface area contributed by atoms with E-state index in [2.05, 4.69) is 20.5 Å². The van der Waals surface area contributed by atoms with Crippen molar-refractivity contribution in [1.82, 2.24) is 15.2 Å². The summed E-state index contributed by atoms with van der Waals surface area (Å²) >= 11 is 2.55. The number of hydrogen-bond donors (Lipinski definition) is 1. The van der Waals surface area contributed by atoms with E-state index in [4.69, 9.17) is 13.9 Å². The number of carbonyl (C=O) groups is 1. The molecule has 0 aliphatic rings. The summed E-state index contributed by atoms with van der Waals surface area (Å²) < 4.78 is 17.5. The maximum atomic E-state index is 12.2. The van der Waals surface area contributed by atoms with Crippen molar-refractivity contribution in [2.75, 3.05) is 17.7 Å². The van der Waals surface area contributed by atoms with Gasteiger partial charge in [0.15, 0.2) is 11.7 Å². The first-order chi connectivity index (χ1) is 14.7. The molecule has 8 nitrogen and oxygen atoms in total. The number of nitrogens with zero attached hydrogens (tertiary/aromatic N) is 3. The third-order valence-corrected chi connectivity index (χ3v) is 5.55. The topological polar surface area (TPSA) is 99.4 Å². The van der Waals surface area contributed by atoms with Gasteiger partial charge >= 0.3 is 0 Å². The molecular weight excluding hydrogens is 424 g/mol. The predicted octanol–water partition coefficient (Wildman–Crippen LogP) is 4.39. The summed E-state index contributed by atoms with van der Waals surface area (Å²) in [4.78, 5) is 16.7. The average molecular weight is 443 g/mol. The Kier molecular flexibility index (Phi) is 6.45. The summed E-state index contributed by atoms with van der Waals surface area (Å²) in [6.07, 6.45) is 0. The summed E-state index contributed by atoms with van der Waals surface area (Å²) in [5.41, 5.74) is 0.811. The maximum Gasteiger partial charge on any atom is 0.277 e. The zero-order chi connectivity index (χ0) is 20.8. The van der Waals surface area contributed by atoms with Crippen molar-refractivity contribution < 1.29 is 18.7 Å². The lowest BCUT2D eigenvalue weighted by Gasteiger charge is -2.01. The summed E-state index contributed by atoms with van der Waals surface area (Å²) in [5, 5.41) is 11.5. The third-order valence-electron chi connectivity index (χ3n) is 3.80. The van der Waals surface area contributed by atoms with Crippen LogP contribution >= 0.6 is 23.1 Å². The molecule has 0 aliphatic carbocycles. The Hall–Kier alpha value is -3.11. The lowest BCUT2D eigenvalue weighted by molar-refractivity contribution is -0.113. The van der Waals surface area contributed by atoms with E-state index >= 15 is 0 Å². The molecule has 2 aromatic heterocycles. The van der Waals surface area contributed by atoms with Crippen molar-refractivity contribution in [3.63, 3.8) is 0 Å². The highest BCUT2D eigenvalue weighted by Gasteiger charge is 2.12. The molecule has 1 amide bonds. The number of thioether (sulfide) groups is 1. The van der Waals surface area contributed by atoms with Gasteiger partial charge in [-0.3, -0.25) is 4.79 Å². The van der Waals surface area contributed by atoms with E-state index in [0.717, 1.165) is 27.7 Å². The fraction of sp³-hybridized carbons (Fsp3) is 0.200. The highest BCUT2D eigenvalue weighted by molar-refractivity contribution is 7.99. The van der Waals surface area contributed by atoms with Crippen LogP contribution in [0.1, 0.15) is 12.8 Å². The molecule has 4 rings (SSSR count). The highest BCUT2D eigenvalue weighted by Crippen LogP contribution is 2.29. The van der Waals surface area contributed by atoms with Crippen molar-refractivity contribution in [3.05, 3.63) is 54.4 Å². The van der Waals surface area contributed by atoms with E-state index in [1.807, 2.05) is 55.5 Å². The minimum atomic E-state index is -0.204. The number of benzene rings is 2. The fourth-order valence-electron chi connectivity index (χ4n) is 2.51. The number of hydrogen-bond acceptors (Lipinski definition) is 9. The lowest BCUT2D eigenvalue weighted by Crippen LogP contribution is -2.13. The van der Waals surface area contributed by atoms with Crippen LogP contribution in [0.25, 0.3) is 10.2 Å². The van der Waals surface area contributed by atoms with E-state index in [9.17, 15) is 4.79 Å². The number of amides is 1. The van der Waals surface area contributed by atoms with Crippen LogP contribution in [0.4, 0.5) is 5.13 Å². The maximum absolute atomic E-state index is 12.2. The van der Waals surface area contributed by atoms with Gasteiger partial charge in [-0.15, -0.1) is 10.2 Å². The number of carbonyl (C=O) groups excluding carboxylic acids is 1. The fourth-order valence-corrected chi connectivity index (χ4v) is 4.01. The minimum Gasteiger partial charge on any atom is -0.494 e. The lowest BCUT2D eigenvalue weighted by atomic mass is 10.3. The Balaban J connectivity index is 1.27. The molecule has 0 atom stereocenters. The van der Waals surface area contributed by atoms with Gasteiger partial charge in [-0.1, -0.05) is 41.3 Å². The standard InChI is InChI=1S/C20H18N4O4S2/c1-2-26-14-8-9-15-16(10-14)30-19(21-15)22-17(25)12-29-20-24-23-18(28-20)11-27-13-6-4-3-5-7-13/h3-10H,2,11-12H2,1H3,(H,21,22,25). The first-order valence-corrected chi connectivity index (χ1v) is 11.0. The second kappa shape index (κ2) is 9.59. The molecule has 0 unspecified atom stereocenters. The molecule has 0 radical (unpaired) electrons. The number of thiazole rings is 1. The van der Waals surface area contributed by atoms with Crippen LogP contribution in [-0.2, 0) is 11.4 Å². The van der Waals surface area contributed by atoms with Crippen molar-refractivity contribution in [2.24, 2.45) is 0 Å². The van der Waals surface area contributed by atoms with Crippen LogP contribution in [0.15, 0.2) is 58.2 Å². The quantitative estimate of drug-likeness (QED) is 0.381. The molecule has 2 heterocycles. The summed E-state index contributed by atoms with van der Waals surface area (Å²) in [5.74, 6) is 1.77. The van der Waals surface area contributed by atoms with Crippen LogP contribution in [0, 0.1) is 0 Å². The number of nitrogens with one attached hydrogen (secondary N) is 1. The second-order valence-electron chi connectivity index (χ2n) is 5.98. The first kappa shape index (κ1) is 20.2. The molecule has 0 bridgehead atoms. The molecule has 0 fully saturated rings. The summed E-state index contributed by atoms with van der Waals surface area (Å²) in [6.45, 7) is 2.70. The van der Waals surface area contributed by atoms with Gasteiger partial charge in [-0.2, -0.15) is 0 Å². The number of anilines is 1. The van der Waals surface area contributed by atoms with Gasteiger partial charge in [-0.05, 0) is 37.3 Å². The molecule has 0 aliphatic heterocycles. The van der Waals surface area contributed by atoms with E-state index in [0.29, 0.717) is 28.6 Å². The summed E-state index contributed by atoms with van der Waals surface area (Å²) in [6, 6.07) is 15.0. The normalized spacial score (nSPS) is 10.8. The van der Waals surface area contributed by atoms with E-state index in [1.54, 1.807) is 0 Å². The predicted molar refractivity (Wildman–Crippen MR) is 115 cm³/mol. The first-order valence-electron chi connectivity index (χ1n) is 9.16. The molecule has 4 aromatic rings. The Morgan fingerprint density at radius 1 is 1.13 bits per heavy atom. The molecule has 0 saturated heterocycles. The monoisotopic (exact) mass is 442 g/mol. The van der Waals surface area contributed by atoms with Crippen LogP contribution in [-0.4, -0.2) is 33.4 Å². The molecule has 10 heteroatoms. The largest absolute Gasteiger partial charge is 0.494 e. The zero-order valence-electron chi connectivity index (χ0n) is 16.0. The van der Waals surface area contributed by atoms with Crippen molar-refractivity contribution in [3.8, 4) is 11.5 Å². The van der Waals surface area contributed by atoms with Gasteiger partial charge in [0.2, 0.25) is 5.91 Å². The second-order valence-corrected chi connectivity index (χ2v) is 7.94. The molecule has 0 spiro atoms.